The van der Waals surface area contributed by atoms with E-state index in [1.54, 1.807) is 11.9 Å². The number of carbonyl (C=O) groups is 1. The van der Waals surface area contributed by atoms with E-state index >= 15 is 0 Å². The summed E-state index contributed by atoms with van der Waals surface area (Å²) in [7, 11) is 1.80. The molecule has 1 fully saturated rings. The number of aryl methyl sites for hydroxylation is 1. The summed E-state index contributed by atoms with van der Waals surface area (Å²) in [6, 6.07) is 7.35. The highest BCUT2D eigenvalue weighted by Crippen LogP contribution is 2.18. The lowest BCUT2D eigenvalue weighted by atomic mass is 10.0. The van der Waals surface area contributed by atoms with Crippen LogP contribution in [0, 0.1) is 6.92 Å². The van der Waals surface area contributed by atoms with E-state index in [1.165, 1.54) is 0 Å². The molecule has 0 spiro atoms. The van der Waals surface area contributed by atoms with Crippen LogP contribution in [0.15, 0.2) is 24.3 Å². The molecule has 19 heavy (non-hydrogen) atoms. The van der Waals surface area contributed by atoms with Crippen molar-refractivity contribution in [2.24, 2.45) is 5.73 Å². The minimum Gasteiger partial charge on any atom is -0.379 e. The number of nitrogens with two attached hydrogens (primary N) is 1. The highest BCUT2D eigenvalue weighted by Gasteiger charge is 2.28. The van der Waals surface area contributed by atoms with Crippen LogP contribution in [0.5, 0.6) is 0 Å². The molecule has 5 heteroatoms. The minimum atomic E-state index is -0.587. The van der Waals surface area contributed by atoms with Gasteiger partial charge in [0.1, 0.15) is 6.04 Å². The van der Waals surface area contributed by atoms with Crippen LogP contribution in [0.1, 0.15) is 23.6 Å². The molecule has 2 rings (SSSR count). The number of amides is 1. The van der Waals surface area contributed by atoms with Gasteiger partial charge >= 0.3 is 0 Å². The van der Waals surface area contributed by atoms with Crippen molar-refractivity contribution in [2.45, 2.75) is 25.4 Å². The quantitative estimate of drug-likeness (QED) is 0.918. The zero-order valence-corrected chi connectivity index (χ0v) is 12.2. The molecule has 0 aliphatic carbocycles. The fourth-order valence-electron chi connectivity index (χ4n) is 2.14. The molecule has 1 heterocycles. The van der Waals surface area contributed by atoms with Crippen molar-refractivity contribution in [3.05, 3.63) is 35.4 Å². The predicted octanol–water partition coefficient (Wildman–Crippen LogP) is 1.66. The number of carbonyl (C=O) groups excluding carboxylic acids is 1. The predicted molar refractivity (Wildman–Crippen MR) is 77.3 cm³/mol. The number of benzene rings is 1. The Morgan fingerprint density at radius 3 is 2.58 bits per heavy atom. The van der Waals surface area contributed by atoms with Crippen LogP contribution < -0.4 is 5.73 Å². The third kappa shape index (κ3) is 3.69. The van der Waals surface area contributed by atoms with Crippen LogP contribution >= 0.6 is 12.4 Å². The molecule has 106 valence electrons. The highest BCUT2D eigenvalue weighted by molar-refractivity contribution is 5.85. The van der Waals surface area contributed by atoms with Crippen LogP contribution in [-0.2, 0) is 9.53 Å². The Balaban J connectivity index is 0.00000180. The van der Waals surface area contributed by atoms with Gasteiger partial charge in [0.25, 0.3) is 0 Å². The van der Waals surface area contributed by atoms with Crippen molar-refractivity contribution < 1.29 is 9.53 Å². The number of likely N-dealkylation sites (N-methyl/N-ethyl adjacent to an activating group) is 1. The van der Waals surface area contributed by atoms with E-state index in [-0.39, 0.29) is 24.4 Å². The number of nitrogens with zero attached hydrogens (tertiary/aromatic N) is 1. The monoisotopic (exact) mass is 284 g/mol. The maximum absolute atomic E-state index is 12.3. The van der Waals surface area contributed by atoms with Gasteiger partial charge < -0.3 is 15.4 Å². The van der Waals surface area contributed by atoms with Gasteiger partial charge in [-0.15, -0.1) is 12.4 Å². The van der Waals surface area contributed by atoms with Gasteiger partial charge in [0.15, 0.2) is 0 Å². The Bertz CT molecular complexity index is 416. The summed E-state index contributed by atoms with van der Waals surface area (Å²) >= 11 is 0. The van der Waals surface area contributed by atoms with Gasteiger partial charge in [-0.3, -0.25) is 4.79 Å². The Hall–Kier alpha value is -1.10. The van der Waals surface area contributed by atoms with E-state index in [1.807, 2.05) is 31.2 Å². The van der Waals surface area contributed by atoms with Gasteiger partial charge in [0.05, 0.1) is 12.6 Å². The maximum Gasteiger partial charge on any atom is 0.244 e. The van der Waals surface area contributed by atoms with Crippen LogP contribution in [0.2, 0.25) is 0 Å². The van der Waals surface area contributed by atoms with E-state index in [0.29, 0.717) is 6.61 Å². The Morgan fingerprint density at radius 1 is 1.42 bits per heavy atom. The van der Waals surface area contributed by atoms with Crippen molar-refractivity contribution in [1.29, 1.82) is 0 Å². The second kappa shape index (κ2) is 6.89. The van der Waals surface area contributed by atoms with E-state index < -0.39 is 6.04 Å². The summed E-state index contributed by atoms with van der Waals surface area (Å²) in [6.45, 7) is 3.35. The highest BCUT2D eigenvalue weighted by atomic mass is 35.5. The summed E-state index contributed by atoms with van der Waals surface area (Å²) in [5.41, 5.74) is 8.05. The molecule has 0 aromatic heterocycles. The van der Waals surface area contributed by atoms with Crippen LogP contribution in [0.3, 0.4) is 0 Å². The number of ether oxygens (including phenoxy) is 1. The molecule has 1 aliphatic rings. The van der Waals surface area contributed by atoms with Gasteiger partial charge in [-0.2, -0.15) is 0 Å². The number of hydrogen-bond donors (Lipinski definition) is 1. The molecule has 0 saturated carbocycles. The summed E-state index contributed by atoms with van der Waals surface area (Å²) in [4.78, 5) is 14.0. The van der Waals surface area contributed by atoms with Crippen LogP contribution in [0.4, 0.5) is 0 Å². The summed E-state index contributed by atoms with van der Waals surface area (Å²) in [5.74, 6) is -0.0469. The molecule has 2 N–H and O–H groups in total. The molecular formula is C14H21ClN2O2. The molecule has 2 atom stereocenters. The van der Waals surface area contributed by atoms with Crippen molar-refractivity contribution in [3.63, 3.8) is 0 Å². The fourth-order valence-corrected chi connectivity index (χ4v) is 2.14. The van der Waals surface area contributed by atoms with Gasteiger partial charge in [-0.05, 0) is 18.9 Å². The molecule has 1 aliphatic heterocycles. The molecule has 1 aromatic rings. The number of rotatable bonds is 3. The standard InChI is InChI=1S/C14H20N2O2.ClH/c1-10-3-5-11(6-4-10)13(15)14(17)16(2)12-7-8-18-9-12;/h3-6,12-13H,7-9,15H2,1-2H3;1H. The first-order chi connectivity index (χ1) is 8.59. The van der Waals surface area contributed by atoms with Crippen molar-refractivity contribution >= 4 is 18.3 Å². The average Bonchev–Trinajstić information content (AvgIpc) is 2.91. The van der Waals surface area contributed by atoms with Gasteiger partial charge in [-0.25, -0.2) is 0 Å². The van der Waals surface area contributed by atoms with E-state index in [0.717, 1.165) is 24.2 Å². The zero-order chi connectivity index (χ0) is 13.1. The van der Waals surface area contributed by atoms with E-state index in [2.05, 4.69) is 0 Å². The van der Waals surface area contributed by atoms with Crippen molar-refractivity contribution in [1.82, 2.24) is 4.90 Å². The second-order valence-electron chi connectivity index (χ2n) is 4.85. The minimum absolute atomic E-state index is 0. The lowest BCUT2D eigenvalue weighted by molar-refractivity contribution is -0.133. The van der Waals surface area contributed by atoms with E-state index in [9.17, 15) is 4.79 Å². The first-order valence-corrected chi connectivity index (χ1v) is 6.26. The third-order valence-electron chi connectivity index (χ3n) is 3.50. The summed E-state index contributed by atoms with van der Waals surface area (Å²) in [6.07, 6.45) is 0.892. The van der Waals surface area contributed by atoms with Gasteiger partial charge in [0.2, 0.25) is 5.91 Å². The molecular weight excluding hydrogens is 264 g/mol. The molecule has 0 bridgehead atoms. The average molecular weight is 285 g/mol. The molecule has 1 aromatic carbocycles. The summed E-state index contributed by atoms with van der Waals surface area (Å²) < 4.78 is 5.29. The first kappa shape index (κ1) is 16.0. The molecule has 2 unspecified atom stereocenters. The Labute approximate surface area is 120 Å². The molecule has 0 radical (unpaired) electrons. The molecule has 1 saturated heterocycles. The van der Waals surface area contributed by atoms with Gasteiger partial charge in [-0.1, -0.05) is 29.8 Å². The van der Waals surface area contributed by atoms with Crippen LogP contribution in [0.25, 0.3) is 0 Å². The largest absolute Gasteiger partial charge is 0.379 e. The summed E-state index contributed by atoms with van der Waals surface area (Å²) in [5, 5.41) is 0. The smallest absolute Gasteiger partial charge is 0.244 e. The van der Waals surface area contributed by atoms with Crippen molar-refractivity contribution in [3.8, 4) is 0 Å². The lowest BCUT2D eigenvalue weighted by Crippen LogP contribution is -2.42. The second-order valence-corrected chi connectivity index (χ2v) is 4.85. The zero-order valence-electron chi connectivity index (χ0n) is 11.3. The third-order valence-corrected chi connectivity index (χ3v) is 3.50. The maximum atomic E-state index is 12.3. The lowest BCUT2D eigenvalue weighted by Gasteiger charge is -2.26. The first-order valence-electron chi connectivity index (χ1n) is 6.26. The molecule has 4 nitrogen and oxygen atoms in total. The van der Waals surface area contributed by atoms with Gasteiger partial charge in [0, 0.05) is 13.7 Å². The van der Waals surface area contributed by atoms with Crippen molar-refractivity contribution in [2.75, 3.05) is 20.3 Å². The normalized spacial score (nSPS) is 19.6. The number of halogens is 1. The SMILES string of the molecule is Cc1ccc(C(N)C(=O)N(C)C2CCOC2)cc1.Cl. The Kier molecular flexibility index (Phi) is 5.79. The van der Waals surface area contributed by atoms with Crippen LogP contribution in [-0.4, -0.2) is 37.1 Å². The Morgan fingerprint density at radius 2 is 2.05 bits per heavy atom. The fraction of sp³-hybridized carbons (Fsp3) is 0.500. The molecule has 1 amide bonds. The topological polar surface area (TPSA) is 55.6 Å². The van der Waals surface area contributed by atoms with E-state index in [4.69, 9.17) is 10.5 Å². The number of hydrogen-bond acceptors (Lipinski definition) is 3.